The fraction of sp³-hybridized carbons (Fsp3) is 0.478. The number of H-pyrrole nitrogens is 1. The molecule has 2 heterocycles. The maximum absolute atomic E-state index is 13.6. The lowest BCUT2D eigenvalue weighted by molar-refractivity contribution is -0.149. The summed E-state index contributed by atoms with van der Waals surface area (Å²) < 4.78 is 36.6. The lowest BCUT2D eigenvalue weighted by Gasteiger charge is -2.24. The molecule has 0 amide bonds. The first-order chi connectivity index (χ1) is 17.4. The minimum atomic E-state index is -4.25. The Morgan fingerprint density at radius 2 is 1.97 bits per heavy atom. The molecule has 13 nitrogen and oxygen atoms in total. The summed E-state index contributed by atoms with van der Waals surface area (Å²) in [6.07, 6.45) is -3.05. The van der Waals surface area contributed by atoms with Gasteiger partial charge >= 0.3 is 19.4 Å². The van der Waals surface area contributed by atoms with Crippen LogP contribution in [-0.4, -0.2) is 57.6 Å². The molecule has 14 heteroatoms. The number of ether oxygens (including phenoxy) is 2. The van der Waals surface area contributed by atoms with Gasteiger partial charge in [0, 0.05) is 11.8 Å². The van der Waals surface area contributed by atoms with Crippen molar-refractivity contribution in [3.8, 4) is 5.75 Å². The summed E-state index contributed by atoms with van der Waals surface area (Å²) >= 11 is 0. The molecular weight excluding hydrogens is 507 g/mol. The molecule has 1 saturated heterocycles. The number of rotatable bonds is 10. The van der Waals surface area contributed by atoms with Crippen LogP contribution in [0.4, 0.5) is 0 Å². The van der Waals surface area contributed by atoms with Crippen molar-refractivity contribution in [1.82, 2.24) is 14.6 Å². The Balaban J connectivity index is 1.81. The minimum Gasteiger partial charge on any atom is -0.462 e. The van der Waals surface area contributed by atoms with E-state index in [9.17, 15) is 24.1 Å². The summed E-state index contributed by atoms with van der Waals surface area (Å²) in [5.41, 5.74) is -1.21. The fourth-order valence-electron chi connectivity index (χ4n) is 3.52. The molecule has 1 aliphatic rings. The van der Waals surface area contributed by atoms with Gasteiger partial charge in [0.25, 0.3) is 11.6 Å². The van der Waals surface area contributed by atoms with Crippen LogP contribution in [0.3, 0.4) is 0 Å². The van der Waals surface area contributed by atoms with Gasteiger partial charge in [0.15, 0.2) is 6.10 Å². The molecule has 0 radical (unpaired) electrons. The summed E-state index contributed by atoms with van der Waals surface area (Å²) in [5, 5.41) is 13.2. The van der Waals surface area contributed by atoms with Crippen molar-refractivity contribution in [2.45, 2.75) is 64.3 Å². The molecular formula is C23H29N4O9P. The van der Waals surface area contributed by atoms with E-state index in [4.69, 9.17) is 25.1 Å². The van der Waals surface area contributed by atoms with Crippen LogP contribution >= 0.6 is 7.75 Å². The maximum Gasteiger partial charge on any atom is 0.459 e. The molecule has 1 aliphatic heterocycles. The van der Waals surface area contributed by atoms with Gasteiger partial charge in [0.2, 0.25) is 6.23 Å². The van der Waals surface area contributed by atoms with Crippen LogP contribution in [0.1, 0.15) is 32.6 Å². The number of benzene rings is 1. The molecule has 200 valence electrons. The van der Waals surface area contributed by atoms with E-state index in [1.165, 1.54) is 32.2 Å². The van der Waals surface area contributed by atoms with Crippen LogP contribution < -0.4 is 20.9 Å². The SMILES string of the molecule is [C-]#[N+][C@@H]1C(O)[C@H](COP(=O)(N[C@@H](C)C(=O)OC(C)C)Oc2ccccc2)O[C@@H]1n1cc(C)c(=O)[nH]c1=O. The molecule has 2 aromatic rings. The van der Waals surface area contributed by atoms with Crippen molar-refractivity contribution in [3.05, 3.63) is 74.3 Å². The number of carbonyl (C=O) groups is 1. The van der Waals surface area contributed by atoms with Crippen molar-refractivity contribution in [1.29, 1.82) is 0 Å². The summed E-state index contributed by atoms with van der Waals surface area (Å²) in [7, 11) is -4.25. The number of aryl methyl sites for hydroxylation is 1. The highest BCUT2D eigenvalue weighted by molar-refractivity contribution is 7.52. The zero-order valence-corrected chi connectivity index (χ0v) is 21.6. The molecule has 1 fully saturated rings. The molecule has 37 heavy (non-hydrogen) atoms. The lowest BCUT2D eigenvalue weighted by Crippen LogP contribution is -2.38. The molecule has 3 N–H and O–H groups in total. The lowest BCUT2D eigenvalue weighted by atomic mass is 10.1. The number of aromatic amines is 1. The third kappa shape index (κ3) is 6.94. The molecule has 0 bridgehead atoms. The van der Waals surface area contributed by atoms with Gasteiger partial charge in [-0.3, -0.25) is 23.7 Å². The van der Waals surface area contributed by atoms with Crippen molar-refractivity contribution >= 4 is 13.7 Å². The van der Waals surface area contributed by atoms with E-state index in [1.54, 1.807) is 32.0 Å². The second-order valence-corrected chi connectivity index (χ2v) is 10.4. The zero-order chi connectivity index (χ0) is 27.3. The Labute approximate surface area is 212 Å². The van der Waals surface area contributed by atoms with Crippen LogP contribution in [0.15, 0.2) is 46.1 Å². The number of aliphatic hydroxyl groups is 1. The highest BCUT2D eigenvalue weighted by atomic mass is 31.2. The highest BCUT2D eigenvalue weighted by Crippen LogP contribution is 2.46. The van der Waals surface area contributed by atoms with Crippen LogP contribution in [-0.2, 0) is 23.4 Å². The fourth-order valence-corrected chi connectivity index (χ4v) is 5.02. The Kier molecular flexibility index (Phi) is 9.07. The molecule has 0 aliphatic carbocycles. The maximum atomic E-state index is 13.6. The van der Waals surface area contributed by atoms with Crippen molar-refractivity contribution in [3.63, 3.8) is 0 Å². The predicted octanol–water partition coefficient (Wildman–Crippen LogP) is 1.52. The van der Waals surface area contributed by atoms with Crippen LogP contribution in [0, 0.1) is 13.5 Å². The molecule has 6 atom stereocenters. The Hall–Kier alpha value is -3.27. The monoisotopic (exact) mass is 536 g/mol. The minimum absolute atomic E-state index is 0.183. The largest absolute Gasteiger partial charge is 0.462 e. The van der Waals surface area contributed by atoms with Gasteiger partial charge in [-0.2, -0.15) is 5.09 Å². The number of aliphatic hydroxyl groups excluding tert-OH is 1. The molecule has 0 saturated carbocycles. The smallest absolute Gasteiger partial charge is 0.459 e. The van der Waals surface area contributed by atoms with Crippen molar-refractivity contribution < 1.29 is 33.0 Å². The van der Waals surface area contributed by atoms with Gasteiger partial charge < -0.3 is 23.9 Å². The predicted molar refractivity (Wildman–Crippen MR) is 131 cm³/mol. The zero-order valence-electron chi connectivity index (χ0n) is 20.7. The van der Waals surface area contributed by atoms with Gasteiger partial charge in [-0.25, -0.2) is 15.9 Å². The van der Waals surface area contributed by atoms with E-state index in [0.717, 1.165) is 4.57 Å². The first-order valence-electron chi connectivity index (χ1n) is 11.4. The van der Waals surface area contributed by atoms with Gasteiger partial charge in [-0.1, -0.05) is 18.2 Å². The topological polar surface area (TPSA) is 163 Å². The van der Waals surface area contributed by atoms with E-state index >= 15 is 0 Å². The number of nitrogens with one attached hydrogen (secondary N) is 2. The number of nitrogens with zero attached hydrogens (tertiary/aromatic N) is 2. The number of carbonyl (C=O) groups excluding carboxylic acids is 1. The van der Waals surface area contributed by atoms with Gasteiger partial charge in [0.05, 0.1) is 12.7 Å². The Morgan fingerprint density at radius 1 is 1.30 bits per heavy atom. The second-order valence-electron chi connectivity index (χ2n) is 8.69. The molecule has 0 spiro atoms. The van der Waals surface area contributed by atoms with Crippen LogP contribution in [0.25, 0.3) is 4.85 Å². The Morgan fingerprint density at radius 3 is 2.59 bits per heavy atom. The average molecular weight is 536 g/mol. The number of hydrogen-bond donors (Lipinski definition) is 3. The number of aromatic nitrogens is 2. The van der Waals surface area contributed by atoms with E-state index in [1.807, 2.05) is 0 Å². The van der Waals surface area contributed by atoms with Gasteiger partial charge in [0.1, 0.15) is 17.9 Å². The number of para-hydroxylation sites is 1. The van der Waals surface area contributed by atoms with E-state index < -0.39 is 68.2 Å². The standard InChI is InChI=1S/C23H29N4O9P/c1-13(2)34-22(30)15(4)26-37(32,36-16-9-7-6-8-10-16)33-12-17-19(28)18(24-5)21(35-17)27-11-14(3)20(29)25-23(27)31/h6-11,13,15,17-19,21,28H,12H2,1-4H3,(H,26,32)(H,25,29,31)/t15-,17-,18+,19?,21-,37?/m0/s1. The quantitative estimate of drug-likeness (QED) is 0.231. The van der Waals surface area contributed by atoms with Gasteiger partial charge in [-0.15, -0.1) is 0 Å². The average Bonchev–Trinajstić information content (AvgIpc) is 3.15. The molecule has 3 rings (SSSR count). The Bertz CT molecular complexity index is 1300. The van der Waals surface area contributed by atoms with E-state index in [0.29, 0.717) is 0 Å². The van der Waals surface area contributed by atoms with Crippen LogP contribution in [0.2, 0.25) is 0 Å². The first kappa shape index (κ1) is 28.3. The van der Waals surface area contributed by atoms with Crippen molar-refractivity contribution in [2.75, 3.05) is 6.61 Å². The third-order valence-electron chi connectivity index (χ3n) is 5.34. The second kappa shape index (κ2) is 11.9. The summed E-state index contributed by atoms with van der Waals surface area (Å²) in [6, 6.07) is 5.78. The molecule has 1 aromatic heterocycles. The number of hydrogen-bond acceptors (Lipinski definition) is 9. The van der Waals surface area contributed by atoms with Crippen molar-refractivity contribution in [2.24, 2.45) is 0 Å². The summed E-state index contributed by atoms with van der Waals surface area (Å²) in [5.74, 6) is -0.503. The summed E-state index contributed by atoms with van der Waals surface area (Å²) in [4.78, 5) is 41.8. The first-order valence-corrected chi connectivity index (χ1v) is 13.0. The summed E-state index contributed by atoms with van der Waals surface area (Å²) in [6.45, 7) is 13.2. The highest BCUT2D eigenvalue weighted by Gasteiger charge is 2.51. The van der Waals surface area contributed by atoms with Crippen LogP contribution in [0.5, 0.6) is 5.75 Å². The van der Waals surface area contributed by atoms with E-state index in [-0.39, 0.29) is 11.3 Å². The third-order valence-corrected chi connectivity index (χ3v) is 6.98. The molecule has 2 unspecified atom stereocenters. The van der Waals surface area contributed by atoms with Gasteiger partial charge in [-0.05, 0) is 39.8 Å². The normalized spacial score (nSPS) is 23.7. The molecule has 1 aromatic carbocycles. The van der Waals surface area contributed by atoms with E-state index in [2.05, 4.69) is 14.9 Å². The number of esters is 1.